The lowest BCUT2D eigenvalue weighted by molar-refractivity contribution is -0.144. The van der Waals surface area contributed by atoms with Crippen molar-refractivity contribution in [2.45, 2.75) is 11.8 Å². The molecule has 0 saturated carbocycles. The molecule has 0 unspecified atom stereocenters. The summed E-state index contributed by atoms with van der Waals surface area (Å²) in [6.45, 7) is 1.37. The molecule has 0 fully saturated rings. The molecule has 0 aliphatic carbocycles. The van der Waals surface area contributed by atoms with Crippen molar-refractivity contribution in [1.82, 2.24) is 0 Å². The second-order valence-electron chi connectivity index (χ2n) is 6.61. The molecule has 6 nitrogen and oxygen atoms in total. The van der Waals surface area contributed by atoms with Gasteiger partial charge in [0.25, 0.3) is 5.91 Å². The van der Waals surface area contributed by atoms with E-state index in [1.165, 1.54) is 11.3 Å². The molecule has 0 radical (unpaired) electrons. The zero-order valence-corrected chi connectivity index (χ0v) is 21.6. The Kier molecular flexibility index (Phi) is 9.67. The van der Waals surface area contributed by atoms with E-state index in [1.54, 1.807) is 24.4 Å². The predicted octanol–water partition coefficient (Wildman–Crippen LogP) is 6.83. The van der Waals surface area contributed by atoms with Gasteiger partial charge >= 0.3 is 11.9 Å². The molecule has 178 valence electrons. The van der Waals surface area contributed by atoms with Gasteiger partial charge in [0, 0.05) is 15.8 Å². The summed E-state index contributed by atoms with van der Waals surface area (Å²) in [5, 5.41) is 5.46. The molecule has 34 heavy (non-hydrogen) atoms. The quantitative estimate of drug-likeness (QED) is 0.176. The highest BCUT2D eigenvalue weighted by molar-refractivity contribution is 8.00. The summed E-state index contributed by atoms with van der Waals surface area (Å²) in [6.07, 6.45) is 0. The number of thioether (sulfide) groups is 1. The van der Waals surface area contributed by atoms with Gasteiger partial charge in [-0.3, -0.25) is 9.59 Å². The number of halogens is 3. The number of anilines is 1. The molecule has 1 aromatic heterocycles. The van der Waals surface area contributed by atoms with Gasteiger partial charge in [0.15, 0.2) is 6.61 Å². The van der Waals surface area contributed by atoms with Crippen molar-refractivity contribution < 1.29 is 23.9 Å². The molecular formula is C23H18Cl3NO5S2. The van der Waals surface area contributed by atoms with Crippen LogP contribution >= 0.6 is 57.9 Å². The molecule has 1 N–H and O–H groups in total. The van der Waals surface area contributed by atoms with E-state index in [0.717, 1.165) is 17.3 Å². The van der Waals surface area contributed by atoms with Gasteiger partial charge < -0.3 is 14.8 Å². The van der Waals surface area contributed by atoms with Gasteiger partial charge in [0.05, 0.1) is 27.4 Å². The van der Waals surface area contributed by atoms with E-state index in [1.807, 2.05) is 30.3 Å². The fraction of sp³-hybridized carbons (Fsp3) is 0.174. The summed E-state index contributed by atoms with van der Waals surface area (Å²) in [5.41, 5.74) is 1.71. The van der Waals surface area contributed by atoms with Crippen molar-refractivity contribution in [1.29, 1.82) is 0 Å². The van der Waals surface area contributed by atoms with E-state index in [4.69, 9.17) is 44.3 Å². The molecule has 3 rings (SSSR count). The lowest BCUT2D eigenvalue weighted by atomic mass is 10.0. The fourth-order valence-corrected chi connectivity index (χ4v) is 5.27. The molecular weight excluding hydrogens is 541 g/mol. The minimum Gasteiger partial charge on any atom is -0.462 e. The van der Waals surface area contributed by atoms with Crippen LogP contribution in [-0.4, -0.2) is 36.8 Å². The summed E-state index contributed by atoms with van der Waals surface area (Å²) >= 11 is 20.3. The summed E-state index contributed by atoms with van der Waals surface area (Å²) in [5.74, 6) is -1.84. The summed E-state index contributed by atoms with van der Waals surface area (Å²) in [6, 6.07) is 12.5. The number of amides is 1. The maximum absolute atomic E-state index is 12.6. The largest absolute Gasteiger partial charge is 0.462 e. The highest BCUT2D eigenvalue weighted by Gasteiger charge is 2.23. The first-order chi connectivity index (χ1) is 16.3. The third-order valence-electron chi connectivity index (χ3n) is 4.32. The molecule has 0 aliphatic heterocycles. The Bertz CT molecular complexity index is 1200. The van der Waals surface area contributed by atoms with Gasteiger partial charge in [-0.1, -0.05) is 65.1 Å². The highest BCUT2D eigenvalue weighted by atomic mass is 35.5. The second kappa shape index (κ2) is 12.5. The lowest BCUT2D eigenvalue weighted by Crippen LogP contribution is -2.22. The van der Waals surface area contributed by atoms with Gasteiger partial charge in [-0.15, -0.1) is 23.1 Å². The van der Waals surface area contributed by atoms with E-state index in [-0.39, 0.29) is 28.0 Å². The summed E-state index contributed by atoms with van der Waals surface area (Å²) in [7, 11) is 0. The topological polar surface area (TPSA) is 81.7 Å². The maximum Gasteiger partial charge on any atom is 0.341 e. The number of hydrogen-bond donors (Lipinski definition) is 1. The zero-order valence-electron chi connectivity index (χ0n) is 17.7. The number of hydrogen-bond acceptors (Lipinski definition) is 7. The average Bonchev–Trinajstić information content (AvgIpc) is 3.25. The van der Waals surface area contributed by atoms with Crippen LogP contribution in [0, 0.1) is 0 Å². The highest BCUT2D eigenvalue weighted by Crippen LogP contribution is 2.38. The SMILES string of the molecule is CCOC(=O)c1c(-c2ccccc2)csc1NC(=O)COC(=O)CSc1ccc(Cl)c(Cl)c1Cl. The molecule has 2 aromatic carbocycles. The molecule has 0 aliphatic rings. The number of nitrogens with one attached hydrogen (secondary N) is 1. The van der Waals surface area contributed by atoms with E-state index in [0.29, 0.717) is 20.5 Å². The molecule has 3 aromatic rings. The van der Waals surface area contributed by atoms with Crippen molar-refractivity contribution in [2.24, 2.45) is 0 Å². The number of thiophene rings is 1. The number of carbonyl (C=O) groups is 3. The fourth-order valence-electron chi connectivity index (χ4n) is 2.79. The summed E-state index contributed by atoms with van der Waals surface area (Å²) < 4.78 is 10.2. The van der Waals surface area contributed by atoms with Crippen LogP contribution < -0.4 is 5.32 Å². The van der Waals surface area contributed by atoms with Gasteiger partial charge in [0.2, 0.25) is 0 Å². The monoisotopic (exact) mass is 557 g/mol. The van der Waals surface area contributed by atoms with Gasteiger partial charge in [-0.2, -0.15) is 0 Å². The minimum absolute atomic E-state index is 0.0871. The average molecular weight is 559 g/mol. The molecule has 0 atom stereocenters. The molecule has 1 heterocycles. The van der Waals surface area contributed by atoms with Crippen LogP contribution in [0.2, 0.25) is 15.1 Å². The van der Waals surface area contributed by atoms with Crippen LogP contribution in [0.1, 0.15) is 17.3 Å². The van der Waals surface area contributed by atoms with E-state index in [2.05, 4.69) is 5.32 Å². The van der Waals surface area contributed by atoms with E-state index >= 15 is 0 Å². The Balaban J connectivity index is 1.61. The second-order valence-corrected chi connectivity index (χ2v) is 9.67. The standard InChI is InChI=1S/C23H18Cl3NO5S2/c1-2-31-23(30)19-14(13-6-4-3-5-7-13)11-34-22(19)27-17(28)10-32-18(29)12-33-16-9-8-15(24)20(25)21(16)26/h3-9,11H,2,10,12H2,1H3,(H,27,28). The van der Waals surface area contributed by atoms with Crippen molar-refractivity contribution in [3.63, 3.8) is 0 Å². The molecule has 1 amide bonds. The lowest BCUT2D eigenvalue weighted by Gasteiger charge is -2.10. The van der Waals surface area contributed by atoms with Crippen LogP contribution in [0.3, 0.4) is 0 Å². The summed E-state index contributed by atoms with van der Waals surface area (Å²) in [4.78, 5) is 37.6. The number of benzene rings is 2. The number of carbonyl (C=O) groups excluding carboxylic acids is 3. The molecule has 0 spiro atoms. The first-order valence-electron chi connectivity index (χ1n) is 9.87. The number of ether oxygens (including phenoxy) is 2. The van der Waals surface area contributed by atoms with Crippen molar-refractivity contribution in [3.05, 3.63) is 68.5 Å². The van der Waals surface area contributed by atoms with Crippen molar-refractivity contribution in [2.75, 3.05) is 24.3 Å². The third-order valence-corrected chi connectivity index (χ3v) is 7.65. The predicted molar refractivity (Wildman–Crippen MR) is 137 cm³/mol. The Hall–Kier alpha value is -2.23. The van der Waals surface area contributed by atoms with Crippen LogP contribution in [0.4, 0.5) is 5.00 Å². The van der Waals surface area contributed by atoms with Crippen LogP contribution in [-0.2, 0) is 19.1 Å². The zero-order chi connectivity index (χ0) is 24.7. The van der Waals surface area contributed by atoms with E-state index in [9.17, 15) is 14.4 Å². The van der Waals surface area contributed by atoms with Crippen LogP contribution in [0.15, 0.2) is 52.7 Å². The minimum atomic E-state index is -0.621. The maximum atomic E-state index is 12.6. The number of esters is 2. The smallest absolute Gasteiger partial charge is 0.341 e. The molecule has 0 saturated heterocycles. The Morgan fingerprint density at radius 2 is 1.74 bits per heavy atom. The first kappa shape index (κ1) is 26.4. The van der Waals surface area contributed by atoms with Crippen molar-refractivity contribution in [3.8, 4) is 11.1 Å². The Morgan fingerprint density at radius 1 is 1.00 bits per heavy atom. The van der Waals surface area contributed by atoms with Gasteiger partial charge in [-0.25, -0.2) is 4.79 Å². The van der Waals surface area contributed by atoms with Gasteiger partial charge in [-0.05, 0) is 24.6 Å². The Labute approximate surface area is 219 Å². The van der Waals surface area contributed by atoms with Crippen molar-refractivity contribution >= 4 is 80.7 Å². The molecule has 0 bridgehead atoms. The third kappa shape index (κ3) is 6.67. The Morgan fingerprint density at radius 3 is 2.44 bits per heavy atom. The first-order valence-corrected chi connectivity index (χ1v) is 12.9. The molecule has 11 heteroatoms. The van der Waals surface area contributed by atoms with E-state index < -0.39 is 24.5 Å². The number of rotatable bonds is 9. The van der Waals surface area contributed by atoms with Crippen LogP contribution in [0.5, 0.6) is 0 Å². The van der Waals surface area contributed by atoms with Crippen LogP contribution in [0.25, 0.3) is 11.1 Å². The normalized spacial score (nSPS) is 10.6. The van der Waals surface area contributed by atoms with Gasteiger partial charge in [0.1, 0.15) is 10.6 Å².